The highest BCUT2D eigenvalue weighted by atomic mass is 32.2. The first-order valence-corrected chi connectivity index (χ1v) is 9.90. The zero-order chi connectivity index (χ0) is 18.6. The van der Waals surface area contributed by atoms with Crippen molar-refractivity contribution >= 4 is 15.9 Å². The summed E-state index contributed by atoms with van der Waals surface area (Å²) in [7, 11) is -1.91. The maximum atomic E-state index is 12.6. The topological polar surface area (TPSA) is 66.9 Å². The van der Waals surface area contributed by atoms with Crippen molar-refractivity contribution in [3.63, 3.8) is 0 Å². The molecule has 1 amide bonds. The SMILES string of the molecule is COc1cccc(CC(=O)N2CCN(S(=O)(=O)c3ccccc3)CC2)c1. The third-order valence-corrected chi connectivity index (χ3v) is 6.37. The second kappa shape index (κ2) is 7.88. The van der Waals surface area contributed by atoms with E-state index in [-0.39, 0.29) is 17.2 Å². The van der Waals surface area contributed by atoms with Gasteiger partial charge in [-0.1, -0.05) is 30.3 Å². The smallest absolute Gasteiger partial charge is 0.243 e. The molecule has 7 heteroatoms. The van der Waals surface area contributed by atoms with Gasteiger partial charge >= 0.3 is 0 Å². The lowest BCUT2D eigenvalue weighted by molar-refractivity contribution is -0.131. The molecule has 138 valence electrons. The molecule has 1 aliphatic heterocycles. The molecule has 0 unspecified atom stereocenters. The number of ether oxygens (including phenoxy) is 1. The first kappa shape index (κ1) is 18.4. The van der Waals surface area contributed by atoms with E-state index in [0.717, 1.165) is 5.56 Å². The molecule has 3 rings (SSSR count). The normalized spacial score (nSPS) is 15.7. The predicted molar refractivity (Wildman–Crippen MR) is 98.5 cm³/mol. The standard InChI is InChI=1S/C19H22N2O4S/c1-25-17-7-5-6-16(14-17)15-19(22)20-10-12-21(13-11-20)26(23,24)18-8-3-2-4-9-18/h2-9,14H,10-13,15H2,1H3. The van der Waals surface area contributed by atoms with Crippen LogP contribution in [0.5, 0.6) is 5.75 Å². The van der Waals surface area contributed by atoms with E-state index in [1.807, 2.05) is 24.3 Å². The van der Waals surface area contributed by atoms with Gasteiger partial charge < -0.3 is 9.64 Å². The zero-order valence-electron chi connectivity index (χ0n) is 14.7. The van der Waals surface area contributed by atoms with E-state index < -0.39 is 10.0 Å². The summed E-state index contributed by atoms with van der Waals surface area (Å²) in [5.74, 6) is 0.712. The molecule has 1 saturated heterocycles. The van der Waals surface area contributed by atoms with Gasteiger partial charge in [-0.05, 0) is 29.8 Å². The van der Waals surface area contributed by atoms with Crippen molar-refractivity contribution in [2.45, 2.75) is 11.3 Å². The number of hydrogen-bond donors (Lipinski definition) is 0. The molecule has 0 bridgehead atoms. The average molecular weight is 374 g/mol. The highest BCUT2D eigenvalue weighted by Crippen LogP contribution is 2.18. The Labute approximate surface area is 154 Å². The minimum absolute atomic E-state index is 0.00462. The number of hydrogen-bond acceptors (Lipinski definition) is 4. The van der Waals surface area contributed by atoms with Crippen molar-refractivity contribution in [3.8, 4) is 5.75 Å². The fourth-order valence-corrected chi connectivity index (χ4v) is 4.43. The van der Waals surface area contributed by atoms with Crippen molar-refractivity contribution in [2.24, 2.45) is 0 Å². The van der Waals surface area contributed by atoms with Gasteiger partial charge in [0.05, 0.1) is 18.4 Å². The second-order valence-corrected chi connectivity index (χ2v) is 8.06. The van der Waals surface area contributed by atoms with Crippen molar-refractivity contribution < 1.29 is 17.9 Å². The number of benzene rings is 2. The number of methoxy groups -OCH3 is 1. The van der Waals surface area contributed by atoms with Gasteiger partial charge in [0.25, 0.3) is 0 Å². The van der Waals surface area contributed by atoms with E-state index in [0.29, 0.717) is 31.9 Å². The highest BCUT2D eigenvalue weighted by molar-refractivity contribution is 7.89. The molecule has 0 saturated carbocycles. The van der Waals surface area contributed by atoms with Crippen LogP contribution >= 0.6 is 0 Å². The number of carbonyl (C=O) groups excluding carboxylic acids is 1. The summed E-state index contributed by atoms with van der Waals surface area (Å²) in [5.41, 5.74) is 0.883. The minimum atomic E-state index is -3.50. The lowest BCUT2D eigenvalue weighted by Gasteiger charge is -2.34. The molecule has 6 nitrogen and oxygen atoms in total. The molecule has 1 aliphatic rings. The van der Waals surface area contributed by atoms with Gasteiger partial charge in [0.15, 0.2) is 0 Å². The van der Waals surface area contributed by atoms with E-state index in [4.69, 9.17) is 4.74 Å². The number of carbonyl (C=O) groups is 1. The molecular weight excluding hydrogens is 352 g/mol. The molecular formula is C19H22N2O4S. The molecule has 0 N–H and O–H groups in total. The summed E-state index contributed by atoms with van der Waals surface area (Å²) in [6, 6.07) is 15.8. The molecule has 2 aromatic rings. The van der Waals surface area contributed by atoms with E-state index in [1.165, 1.54) is 4.31 Å². The van der Waals surface area contributed by atoms with E-state index in [2.05, 4.69) is 0 Å². The summed E-state index contributed by atoms with van der Waals surface area (Å²) in [6.45, 7) is 1.41. The maximum absolute atomic E-state index is 12.6. The molecule has 0 radical (unpaired) electrons. The molecule has 0 aliphatic carbocycles. The van der Waals surface area contributed by atoms with Gasteiger partial charge in [0, 0.05) is 26.2 Å². The number of rotatable bonds is 5. The van der Waals surface area contributed by atoms with Gasteiger partial charge in [-0.2, -0.15) is 4.31 Å². The minimum Gasteiger partial charge on any atom is -0.497 e. The lowest BCUT2D eigenvalue weighted by atomic mass is 10.1. The van der Waals surface area contributed by atoms with Crippen molar-refractivity contribution in [3.05, 3.63) is 60.2 Å². The Morgan fingerprint density at radius 1 is 1.00 bits per heavy atom. The molecule has 2 aromatic carbocycles. The third kappa shape index (κ3) is 4.05. The van der Waals surface area contributed by atoms with Crippen LogP contribution in [0.1, 0.15) is 5.56 Å². The van der Waals surface area contributed by atoms with E-state index in [1.54, 1.807) is 42.3 Å². The fraction of sp³-hybridized carbons (Fsp3) is 0.316. The summed E-state index contributed by atoms with van der Waals surface area (Å²) >= 11 is 0. The van der Waals surface area contributed by atoms with Gasteiger partial charge in [-0.25, -0.2) is 8.42 Å². The van der Waals surface area contributed by atoms with E-state index in [9.17, 15) is 13.2 Å². The van der Waals surface area contributed by atoms with Gasteiger partial charge in [-0.15, -0.1) is 0 Å². The fourth-order valence-electron chi connectivity index (χ4n) is 2.99. The maximum Gasteiger partial charge on any atom is 0.243 e. The van der Waals surface area contributed by atoms with Crippen molar-refractivity contribution in [1.82, 2.24) is 9.21 Å². The monoisotopic (exact) mass is 374 g/mol. The first-order valence-electron chi connectivity index (χ1n) is 8.46. The van der Waals surface area contributed by atoms with E-state index >= 15 is 0 Å². The summed E-state index contributed by atoms with van der Waals surface area (Å²) in [5, 5.41) is 0. The van der Waals surface area contributed by atoms with Crippen molar-refractivity contribution in [1.29, 1.82) is 0 Å². The van der Waals surface area contributed by atoms with Gasteiger partial charge in [-0.3, -0.25) is 4.79 Å². The Bertz CT molecular complexity index is 860. The molecule has 0 atom stereocenters. The Morgan fingerprint density at radius 3 is 2.35 bits per heavy atom. The molecule has 0 aromatic heterocycles. The predicted octanol–water partition coefficient (Wildman–Crippen LogP) is 1.77. The average Bonchev–Trinajstić information content (AvgIpc) is 2.69. The van der Waals surface area contributed by atoms with Crippen LogP contribution < -0.4 is 4.74 Å². The zero-order valence-corrected chi connectivity index (χ0v) is 15.5. The van der Waals surface area contributed by atoms with Crippen LogP contribution in [-0.2, 0) is 21.2 Å². The quantitative estimate of drug-likeness (QED) is 0.800. The third-order valence-electron chi connectivity index (χ3n) is 4.46. The molecule has 1 fully saturated rings. The van der Waals surface area contributed by atoms with Crippen LogP contribution in [0.2, 0.25) is 0 Å². The van der Waals surface area contributed by atoms with Gasteiger partial charge in [0.1, 0.15) is 5.75 Å². The summed E-state index contributed by atoms with van der Waals surface area (Å²) in [4.78, 5) is 14.5. The number of nitrogens with zero attached hydrogens (tertiary/aromatic N) is 2. The number of amides is 1. The van der Waals surface area contributed by atoms with Crippen LogP contribution in [0.25, 0.3) is 0 Å². The Kier molecular flexibility index (Phi) is 5.58. The van der Waals surface area contributed by atoms with Crippen LogP contribution in [0.4, 0.5) is 0 Å². The molecule has 26 heavy (non-hydrogen) atoms. The van der Waals surface area contributed by atoms with Crippen molar-refractivity contribution in [2.75, 3.05) is 33.3 Å². The molecule has 1 heterocycles. The highest BCUT2D eigenvalue weighted by Gasteiger charge is 2.29. The number of piperazine rings is 1. The largest absolute Gasteiger partial charge is 0.497 e. The Hall–Kier alpha value is -2.38. The van der Waals surface area contributed by atoms with Crippen LogP contribution in [0.15, 0.2) is 59.5 Å². The van der Waals surface area contributed by atoms with Gasteiger partial charge in [0.2, 0.25) is 15.9 Å². The second-order valence-electron chi connectivity index (χ2n) is 6.13. The summed E-state index contributed by atoms with van der Waals surface area (Å²) in [6.07, 6.45) is 0.280. The Morgan fingerprint density at radius 2 is 1.69 bits per heavy atom. The lowest BCUT2D eigenvalue weighted by Crippen LogP contribution is -2.50. The Balaban J connectivity index is 1.60. The van der Waals surface area contributed by atoms with Crippen LogP contribution in [0, 0.1) is 0 Å². The van der Waals surface area contributed by atoms with Crippen LogP contribution in [-0.4, -0.2) is 56.8 Å². The van der Waals surface area contributed by atoms with Crippen LogP contribution in [0.3, 0.4) is 0 Å². The molecule has 0 spiro atoms. The number of sulfonamides is 1. The first-order chi connectivity index (χ1) is 12.5. The summed E-state index contributed by atoms with van der Waals surface area (Å²) < 4.78 is 31.9.